The molecule has 1 aromatic rings. The number of aliphatic hydroxyl groups excluding tert-OH is 1. The van der Waals surface area contributed by atoms with Crippen molar-refractivity contribution in [2.75, 3.05) is 13.1 Å². The lowest BCUT2D eigenvalue weighted by molar-refractivity contribution is -0.146. The Balaban J connectivity index is 1.69. The molecule has 1 N–H and O–H groups in total. The first-order valence-electron chi connectivity index (χ1n) is 6.27. The third-order valence-electron chi connectivity index (χ3n) is 3.87. The van der Waals surface area contributed by atoms with Crippen molar-refractivity contribution in [2.24, 2.45) is 5.92 Å². The third-order valence-corrected chi connectivity index (χ3v) is 3.87. The summed E-state index contributed by atoms with van der Waals surface area (Å²) in [5.41, 5.74) is 2.71. The van der Waals surface area contributed by atoms with E-state index in [9.17, 15) is 9.90 Å². The maximum Gasteiger partial charge on any atom is 0.226 e. The molecule has 3 rings (SSSR count). The van der Waals surface area contributed by atoms with Crippen LogP contribution >= 0.6 is 0 Å². The van der Waals surface area contributed by atoms with Gasteiger partial charge in [-0.15, -0.1) is 0 Å². The molecule has 3 heteroatoms. The van der Waals surface area contributed by atoms with Gasteiger partial charge in [0.05, 0.1) is 6.10 Å². The van der Waals surface area contributed by atoms with Gasteiger partial charge in [-0.05, 0) is 30.4 Å². The van der Waals surface area contributed by atoms with Crippen LogP contribution < -0.4 is 0 Å². The maximum atomic E-state index is 12.2. The first kappa shape index (κ1) is 10.8. The highest BCUT2D eigenvalue weighted by Gasteiger charge is 2.34. The van der Waals surface area contributed by atoms with E-state index in [-0.39, 0.29) is 17.9 Å². The third kappa shape index (κ3) is 1.95. The lowest BCUT2D eigenvalue weighted by atomic mass is 9.83. The van der Waals surface area contributed by atoms with Crippen LogP contribution in [0.1, 0.15) is 17.5 Å². The Hall–Kier alpha value is -1.35. The molecule has 1 saturated heterocycles. The van der Waals surface area contributed by atoms with Gasteiger partial charge in [-0.1, -0.05) is 24.3 Å². The monoisotopic (exact) mass is 231 g/mol. The molecule has 0 radical (unpaired) electrons. The van der Waals surface area contributed by atoms with Crippen LogP contribution in [0, 0.1) is 5.92 Å². The Kier molecular flexibility index (Phi) is 2.63. The van der Waals surface area contributed by atoms with Crippen molar-refractivity contribution in [1.29, 1.82) is 0 Å². The van der Waals surface area contributed by atoms with Crippen molar-refractivity contribution in [3.8, 4) is 0 Å². The molecule has 1 aliphatic heterocycles. The zero-order valence-corrected chi connectivity index (χ0v) is 9.80. The van der Waals surface area contributed by atoms with Crippen LogP contribution in [0.3, 0.4) is 0 Å². The minimum atomic E-state index is -0.296. The van der Waals surface area contributed by atoms with Crippen molar-refractivity contribution in [3.05, 3.63) is 35.4 Å². The quantitative estimate of drug-likeness (QED) is 0.783. The SMILES string of the molecule is O=C(C1CCc2ccccc2C1)N1CC(O)C1. The standard InChI is InChI=1S/C14H17NO2/c16-13-8-15(9-13)14(17)12-6-5-10-3-1-2-4-11(10)7-12/h1-4,12-13,16H,5-9H2. The lowest BCUT2D eigenvalue weighted by Crippen LogP contribution is -2.55. The number of nitrogens with zero attached hydrogens (tertiary/aromatic N) is 1. The molecule has 0 spiro atoms. The topological polar surface area (TPSA) is 40.5 Å². The molecule has 0 saturated carbocycles. The van der Waals surface area contributed by atoms with Gasteiger partial charge >= 0.3 is 0 Å². The highest BCUT2D eigenvalue weighted by Crippen LogP contribution is 2.27. The largest absolute Gasteiger partial charge is 0.389 e. The molecule has 90 valence electrons. The molecule has 3 nitrogen and oxygen atoms in total. The van der Waals surface area contributed by atoms with E-state index in [1.807, 2.05) is 6.07 Å². The highest BCUT2D eigenvalue weighted by molar-refractivity contribution is 5.80. The zero-order chi connectivity index (χ0) is 11.8. The van der Waals surface area contributed by atoms with Gasteiger partial charge in [0, 0.05) is 19.0 Å². The van der Waals surface area contributed by atoms with Crippen LogP contribution in [0.2, 0.25) is 0 Å². The molecule has 0 aromatic heterocycles. The number of fused-ring (bicyclic) bond motifs is 1. The van der Waals surface area contributed by atoms with E-state index >= 15 is 0 Å². The van der Waals surface area contributed by atoms with Gasteiger partial charge in [0.2, 0.25) is 5.91 Å². The molecule has 1 aliphatic carbocycles. The van der Waals surface area contributed by atoms with E-state index < -0.39 is 0 Å². The van der Waals surface area contributed by atoms with Gasteiger partial charge in [-0.3, -0.25) is 4.79 Å². The molecule has 1 unspecified atom stereocenters. The zero-order valence-electron chi connectivity index (χ0n) is 9.80. The van der Waals surface area contributed by atoms with Crippen LogP contribution in [-0.4, -0.2) is 35.1 Å². The normalized spacial score (nSPS) is 24.1. The van der Waals surface area contributed by atoms with Gasteiger partial charge in [-0.25, -0.2) is 0 Å². The second-order valence-corrected chi connectivity index (χ2v) is 5.11. The Morgan fingerprint density at radius 2 is 1.94 bits per heavy atom. The van der Waals surface area contributed by atoms with E-state index in [1.54, 1.807) is 4.90 Å². The second kappa shape index (κ2) is 4.15. The fourth-order valence-electron chi connectivity index (χ4n) is 2.80. The molecule has 1 fully saturated rings. The number of carbonyl (C=O) groups is 1. The summed E-state index contributed by atoms with van der Waals surface area (Å²) >= 11 is 0. The van der Waals surface area contributed by atoms with Gasteiger partial charge in [0.1, 0.15) is 0 Å². The molecule has 1 atom stereocenters. The smallest absolute Gasteiger partial charge is 0.226 e. The average molecular weight is 231 g/mol. The molecule has 2 aliphatic rings. The van der Waals surface area contributed by atoms with Crippen molar-refractivity contribution in [2.45, 2.75) is 25.4 Å². The number of carbonyl (C=O) groups excluding carboxylic acids is 1. The second-order valence-electron chi connectivity index (χ2n) is 5.11. The molecule has 1 heterocycles. The van der Waals surface area contributed by atoms with Crippen LogP contribution in [0.25, 0.3) is 0 Å². The molecule has 1 aromatic carbocycles. The molecule has 17 heavy (non-hydrogen) atoms. The Morgan fingerprint density at radius 1 is 1.24 bits per heavy atom. The Labute approximate surface area is 101 Å². The molecular weight excluding hydrogens is 214 g/mol. The summed E-state index contributed by atoms with van der Waals surface area (Å²) in [6.45, 7) is 1.05. The van der Waals surface area contributed by atoms with Gasteiger partial charge in [0.25, 0.3) is 0 Å². The lowest BCUT2D eigenvalue weighted by Gasteiger charge is -2.39. The summed E-state index contributed by atoms with van der Waals surface area (Å²) in [4.78, 5) is 13.9. The number of aryl methyl sites for hydroxylation is 1. The van der Waals surface area contributed by atoms with Crippen LogP contribution in [-0.2, 0) is 17.6 Å². The Bertz CT molecular complexity index is 438. The minimum Gasteiger partial charge on any atom is -0.389 e. The number of amides is 1. The van der Waals surface area contributed by atoms with E-state index in [4.69, 9.17) is 0 Å². The number of hydrogen-bond acceptors (Lipinski definition) is 2. The van der Waals surface area contributed by atoms with Crippen molar-refractivity contribution < 1.29 is 9.90 Å². The number of aliphatic hydroxyl groups is 1. The molecular formula is C14H17NO2. The molecule has 1 amide bonds. The van der Waals surface area contributed by atoms with Gasteiger partial charge in [0.15, 0.2) is 0 Å². The summed E-state index contributed by atoms with van der Waals surface area (Å²) in [5.74, 6) is 0.349. The first-order valence-corrected chi connectivity index (χ1v) is 6.27. The van der Waals surface area contributed by atoms with Crippen molar-refractivity contribution in [1.82, 2.24) is 4.90 Å². The fourth-order valence-corrected chi connectivity index (χ4v) is 2.80. The van der Waals surface area contributed by atoms with Crippen molar-refractivity contribution >= 4 is 5.91 Å². The van der Waals surface area contributed by atoms with Crippen LogP contribution in [0.5, 0.6) is 0 Å². The summed E-state index contributed by atoms with van der Waals surface area (Å²) in [7, 11) is 0. The van der Waals surface area contributed by atoms with Crippen molar-refractivity contribution in [3.63, 3.8) is 0 Å². The van der Waals surface area contributed by atoms with Crippen LogP contribution in [0.15, 0.2) is 24.3 Å². The van der Waals surface area contributed by atoms with E-state index in [1.165, 1.54) is 11.1 Å². The minimum absolute atomic E-state index is 0.123. The molecule has 0 bridgehead atoms. The predicted molar refractivity (Wildman–Crippen MR) is 64.5 cm³/mol. The number of β-amino-alcohol motifs (C(OH)–C–C–N with tert-alkyl or cyclic N) is 1. The Morgan fingerprint density at radius 3 is 2.65 bits per heavy atom. The van der Waals surface area contributed by atoms with Gasteiger partial charge in [-0.2, -0.15) is 0 Å². The predicted octanol–water partition coefficient (Wildman–Crippen LogP) is 0.995. The maximum absolute atomic E-state index is 12.2. The number of rotatable bonds is 1. The fraction of sp³-hybridized carbons (Fsp3) is 0.500. The summed E-state index contributed by atoms with van der Waals surface area (Å²) in [6, 6.07) is 8.38. The average Bonchev–Trinajstić information content (AvgIpc) is 2.33. The summed E-state index contributed by atoms with van der Waals surface area (Å²) in [5, 5.41) is 9.23. The van der Waals surface area contributed by atoms with E-state index in [2.05, 4.69) is 18.2 Å². The van der Waals surface area contributed by atoms with Gasteiger partial charge < -0.3 is 10.0 Å². The number of hydrogen-bond donors (Lipinski definition) is 1. The number of benzene rings is 1. The number of likely N-dealkylation sites (tertiary alicyclic amines) is 1. The van der Waals surface area contributed by atoms with E-state index in [0.717, 1.165) is 19.3 Å². The highest BCUT2D eigenvalue weighted by atomic mass is 16.3. The van der Waals surface area contributed by atoms with E-state index in [0.29, 0.717) is 13.1 Å². The van der Waals surface area contributed by atoms with Crippen LogP contribution in [0.4, 0.5) is 0 Å². The summed E-state index contributed by atoms with van der Waals surface area (Å²) in [6.07, 6.45) is 2.52. The summed E-state index contributed by atoms with van der Waals surface area (Å²) < 4.78 is 0. The first-order chi connectivity index (χ1) is 8.24.